The fraction of sp³-hybridized carbons (Fsp3) is 0.462. The van der Waals surface area contributed by atoms with Crippen LogP contribution in [0.15, 0.2) is 30.3 Å². The van der Waals surface area contributed by atoms with Gasteiger partial charge in [-0.2, -0.15) is 0 Å². The molecule has 1 aromatic carbocycles. The first-order chi connectivity index (χ1) is 8.36. The van der Waals surface area contributed by atoms with Gasteiger partial charge < -0.3 is 10.2 Å². The van der Waals surface area contributed by atoms with Crippen LogP contribution in [0, 0.1) is 0 Å². The summed E-state index contributed by atoms with van der Waals surface area (Å²) in [6.07, 6.45) is 1.09. The number of piperazine rings is 1. The molecular weight excluding hydrogens is 248 g/mol. The molecule has 1 fully saturated rings. The zero-order valence-electron chi connectivity index (χ0n) is 9.89. The van der Waals surface area contributed by atoms with Crippen LogP contribution < -0.4 is 5.32 Å². The summed E-state index contributed by atoms with van der Waals surface area (Å²) in [6, 6.07) is 10.6. The molecule has 0 aliphatic carbocycles. The maximum Gasteiger partial charge on any atom is 0.136 e. The Kier molecular flexibility index (Phi) is 5.29. The van der Waals surface area contributed by atoms with E-state index < -0.39 is 0 Å². The number of benzene rings is 1. The Labute approximate surface area is 113 Å². The van der Waals surface area contributed by atoms with Gasteiger partial charge in [0.15, 0.2) is 0 Å². The van der Waals surface area contributed by atoms with Gasteiger partial charge in [-0.3, -0.25) is 0 Å². The molecule has 1 aromatic rings. The number of hydrogen-bond donors (Lipinski definition) is 1. The van der Waals surface area contributed by atoms with E-state index in [0.29, 0.717) is 0 Å². The van der Waals surface area contributed by atoms with E-state index in [2.05, 4.69) is 40.5 Å². The lowest BCUT2D eigenvalue weighted by molar-refractivity contribution is 0.368. The molecule has 1 N–H and O–H groups in total. The van der Waals surface area contributed by atoms with Crippen molar-refractivity contribution in [2.45, 2.75) is 6.42 Å². The van der Waals surface area contributed by atoms with Gasteiger partial charge in [-0.15, -0.1) is 0 Å². The summed E-state index contributed by atoms with van der Waals surface area (Å²) >= 11 is 7.26. The molecule has 0 atom stereocenters. The van der Waals surface area contributed by atoms with Crippen molar-refractivity contribution in [2.24, 2.45) is 0 Å². The first-order valence-corrected chi connectivity index (χ1v) is 7.42. The van der Waals surface area contributed by atoms with Crippen molar-refractivity contribution in [1.29, 1.82) is 0 Å². The monoisotopic (exact) mass is 266 g/mol. The van der Waals surface area contributed by atoms with Crippen LogP contribution in [-0.4, -0.2) is 41.2 Å². The average molecular weight is 266 g/mol. The Morgan fingerprint density at radius 3 is 2.65 bits per heavy atom. The van der Waals surface area contributed by atoms with Crippen LogP contribution in [0.1, 0.15) is 5.56 Å². The lowest BCUT2D eigenvalue weighted by Gasteiger charge is -2.29. The van der Waals surface area contributed by atoms with Gasteiger partial charge in [0.05, 0.1) is 0 Å². The minimum Gasteiger partial charge on any atom is -0.355 e. The van der Waals surface area contributed by atoms with Gasteiger partial charge in [0.25, 0.3) is 0 Å². The molecular formula is C13H18N2S2. The van der Waals surface area contributed by atoms with E-state index in [0.717, 1.165) is 42.7 Å². The molecule has 1 saturated heterocycles. The minimum absolute atomic E-state index is 1.05. The topological polar surface area (TPSA) is 15.3 Å². The Bertz CT molecular complexity index is 348. The predicted molar refractivity (Wildman–Crippen MR) is 79.6 cm³/mol. The molecule has 0 unspecified atom stereocenters. The summed E-state index contributed by atoms with van der Waals surface area (Å²) in [4.78, 5) is 2.31. The SMILES string of the molecule is S=C(SCCc1ccccc1)N1CCNCC1. The summed E-state index contributed by atoms with van der Waals surface area (Å²) in [5, 5.41) is 3.34. The molecule has 0 spiro atoms. The highest BCUT2D eigenvalue weighted by molar-refractivity contribution is 8.22. The highest BCUT2D eigenvalue weighted by Crippen LogP contribution is 2.12. The van der Waals surface area contributed by atoms with E-state index >= 15 is 0 Å². The average Bonchev–Trinajstić information content (AvgIpc) is 2.41. The Morgan fingerprint density at radius 2 is 1.94 bits per heavy atom. The van der Waals surface area contributed by atoms with Gasteiger partial charge in [0.1, 0.15) is 4.32 Å². The van der Waals surface area contributed by atoms with Crippen LogP contribution >= 0.6 is 24.0 Å². The van der Waals surface area contributed by atoms with Crippen LogP contribution in [0.2, 0.25) is 0 Å². The number of rotatable bonds is 3. The Balaban J connectivity index is 1.69. The lowest BCUT2D eigenvalue weighted by Crippen LogP contribution is -2.45. The molecule has 4 heteroatoms. The summed E-state index contributed by atoms with van der Waals surface area (Å²) in [5.41, 5.74) is 1.39. The smallest absolute Gasteiger partial charge is 0.136 e. The minimum atomic E-state index is 1.05. The first kappa shape index (κ1) is 12.9. The van der Waals surface area contributed by atoms with E-state index in [1.807, 2.05) is 11.8 Å². The van der Waals surface area contributed by atoms with Crippen LogP contribution in [0.25, 0.3) is 0 Å². The Morgan fingerprint density at radius 1 is 1.24 bits per heavy atom. The summed E-state index contributed by atoms with van der Waals surface area (Å²) in [5.74, 6) is 1.08. The van der Waals surface area contributed by atoms with Gasteiger partial charge in [0, 0.05) is 31.9 Å². The van der Waals surface area contributed by atoms with Gasteiger partial charge in [-0.1, -0.05) is 54.3 Å². The fourth-order valence-electron chi connectivity index (χ4n) is 1.84. The zero-order valence-corrected chi connectivity index (χ0v) is 11.5. The summed E-state index contributed by atoms with van der Waals surface area (Å²) < 4.78 is 1.06. The van der Waals surface area contributed by atoms with Gasteiger partial charge in [-0.25, -0.2) is 0 Å². The predicted octanol–water partition coefficient (Wildman–Crippen LogP) is 2.15. The van der Waals surface area contributed by atoms with Crippen molar-refractivity contribution < 1.29 is 0 Å². The number of thiocarbonyl (C=S) groups is 1. The van der Waals surface area contributed by atoms with Gasteiger partial charge in [-0.05, 0) is 12.0 Å². The third-order valence-corrected chi connectivity index (χ3v) is 4.36. The normalized spacial score (nSPS) is 15.9. The number of hydrogen-bond acceptors (Lipinski definition) is 3. The molecule has 17 heavy (non-hydrogen) atoms. The maximum absolute atomic E-state index is 5.45. The molecule has 0 amide bonds. The number of aryl methyl sites for hydroxylation is 1. The van der Waals surface area contributed by atoms with E-state index in [-0.39, 0.29) is 0 Å². The first-order valence-electron chi connectivity index (χ1n) is 6.02. The van der Waals surface area contributed by atoms with Gasteiger partial charge in [0.2, 0.25) is 0 Å². The molecule has 0 bridgehead atoms. The molecule has 0 radical (unpaired) electrons. The third kappa shape index (κ3) is 4.30. The lowest BCUT2D eigenvalue weighted by atomic mass is 10.2. The molecule has 2 rings (SSSR count). The highest BCUT2D eigenvalue weighted by Gasteiger charge is 2.12. The van der Waals surface area contributed by atoms with Crippen LogP contribution in [-0.2, 0) is 6.42 Å². The molecule has 1 heterocycles. The standard InChI is InChI=1S/C13H18N2S2/c16-13(15-9-7-14-8-10-15)17-11-6-12-4-2-1-3-5-12/h1-5,14H,6-11H2. The molecule has 0 aromatic heterocycles. The number of nitrogens with one attached hydrogen (secondary N) is 1. The second kappa shape index (κ2) is 6.99. The van der Waals surface area contributed by atoms with E-state index in [4.69, 9.17) is 12.2 Å². The maximum atomic E-state index is 5.45. The largest absolute Gasteiger partial charge is 0.355 e. The molecule has 0 saturated carbocycles. The quantitative estimate of drug-likeness (QED) is 0.843. The highest BCUT2D eigenvalue weighted by atomic mass is 32.2. The van der Waals surface area contributed by atoms with E-state index in [9.17, 15) is 0 Å². The van der Waals surface area contributed by atoms with Crippen LogP contribution in [0.4, 0.5) is 0 Å². The van der Waals surface area contributed by atoms with Crippen molar-refractivity contribution in [3.63, 3.8) is 0 Å². The second-order valence-electron chi connectivity index (χ2n) is 4.09. The Hall–Kier alpha value is -0.580. The molecule has 1 aliphatic heterocycles. The van der Waals surface area contributed by atoms with E-state index in [1.165, 1.54) is 5.56 Å². The van der Waals surface area contributed by atoms with Crippen molar-refractivity contribution in [3.8, 4) is 0 Å². The molecule has 92 valence electrons. The summed E-state index contributed by atoms with van der Waals surface area (Å²) in [7, 11) is 0. The molecule has 2 nitrogen and oxygen atoms in total. The molecule has 1 aliphatic rings. The van der Waals surface area contributed by atoms with Crippen molar-refractivity contribution >= 4 is 28.3 Å². The second-order valence-corrected chi connectivity index (χ2v) is 5.82. The van der Waals surface area contributed by atoms with Crippen molar-refractivity contribution in [3.05, 3.63) is 35.9 Å². The van der Waals surface area contributed by atoms with Crippen molar-refractivity contribution in [1.82, 2.24) is 10.2 Å². The van der Waals surface area contributed by atoms with Crippen LogP contribution in [0.3, 0.4) is 0 Å². The fourth-order valence-corrected chi connectivity index (χ4v) is 3.15. The van der Waals surface area contributed by atoms with Crippen molar-refractivity contribution in [2.75, 3.05) is 31.9 Å². The summed E-state index contributed by atoms with van der Waals surface area (Å²) in [6.45, 7) is 4.22. The zero-order chi connectivity index (χ0) is 11.9. The van der Waals surface area contributed by atoms with Gasteiger partial charge >= 0.3 is 0 Å². The number of nitrogens with zero attached hydrogens (tertiary/aromatic N) is 1. The number of thioether (sulfide) groups is 1. The van der Waals surface area contributed by atoms with Crippen LogP contribution in [0.5, 0.6) is 0 Å². The van der Waals surface area contributed by atoms with E-state index in [1.54, 1.807) is 0 Å². The third-order valence-electron chi connectivity index (χ3n) is 2.83.